The summed E-state index contributed by atoms with van der Waals surface area (Å²) in [4.78, 5) is 2.36. The lowest BCUT2D eigenvalue weighted by Gasteiger charge is -2.28. The van der Waals surface area contributed by atoms with E-state index in [9.17, 15) is 0 Å². The Kier molecular flexibility index (Phi) is 2.36. The Morgan fingerprint density at radius 2 is 2.40 bits per heavy atom. The molecule has 58 valence electrons. The summed E-state index contributed by atoms with van der Waals surface area (Å²) in [6.45, 7) is 5.75. The van der Waals surface area contributed by atoms with E-state index in [1.54, 1.807) is 0 Å². The Balaban J connectivity index is 2.62. The van der Waals surface area contributed by atoms with Crippen molar-refractivity contribution in [3.8, 4) is 0 Å². The predicted molar refractivity (Wildman–Crippen MR) is 44.8 cm³/mol. The first-order valence-corrected chi connectivity index (χ1v) is 4.16. The highest BCUT2D eigenvalue weighted by molar-refractivity contribution is 5.05. The van der Waals surface area contributed by atoms with Crippen LogP contribution in [0.5, 0.6) is 0 Å². The highest BCUT2D eigenvalue weighted by Gasteiger charge is 2.11. The minimum Gasteiger partial charge on any atom is -0.378 e. The van der Waals surface area contributed by atoms with Crippen molar-refractivity contribution in [3.05, 3.63) is 11.8 Å². The van der Waals surface area contributed by atoms with Gasteiger partial charge in [-0.1, -0.05) is 19.9 Å². The van der Waals surface area contributed by atoms with Gasteiger partial charge in [0, 0.05) is 19.3 Å². The Hall–Kier alpha value is -0.460. The predicted octanol–water partition coefficient (Wildman–Crippen LogP) is 2.25. The molecule has 1 aliphatic rings. The molecular weight excluding hydrogens is 122 g/mol. The second-order valence-electron chi connectivity index (χ2n) is 3.20. The third-order valence-corrected chi connectivity index (χ3v) is 2.25. The van der Waals surface area contributed by atoms with Crippen molar-refractivity contribution in [1.82, 2.24) is 4.90 Å². The molecule has 0 aliphatic carbocycles. The maximum atomic E-state index is 2.39. The van der Waals surface area contributed by atoms with Crippen molar-refractivity contribution in [3.63, 3.8) is 0 Å². The van der Waals surface area contributed by atoms with Gasteiger partial charge in [0.25, 0.3) is 0 Å². The third-order valence-electron chi connectivity index (χ3n) is 2.25. The van der Waals surface area contributed by atoms with Gasteiger partial charge in [0.15, 0.2) is 0 Å². The molecule has 1 unspecified atom stereocenters. The zero-order valence-corrected chi connectivity index (χ0v) is 7.22. The molecule has 1 nitrogen and oxygen atoms in total. The fourth-order valence-corrected chi connectivity index (χ4v) is 1.47. The van der Waals surface area contributed by atoms with Gasteiger partial charge in [-0.05, 0) is 18.8 Å². The van der Waals surface area contributed by atoms with E-state index >= 15 is 0 Å². The Morgan fingerprint density at radius 1 is 1.70 bits per heavy atom. The van der Waals surface area contributed by atoms with E-state index in [-0.39, 0.29) is 0 Å². The molecule has 1 heterocycles. The average Bonchev–Trinajstić information content (AvgIpc) is 1.94. The molecule has 0 radical (unpaired) electrons. The van der Waals surface area contributed by atoms with Crippen LogP contribution in [0.15, 0.2) is 11.8 Å². The van der Waals surface area contributed by atoms with Crippen LogP contribution in [0.25, 0.3) is 0 Å². The molecule has 1 rings (SSSR count). The van der Waals surface area contributed by atoms with Gasteiger partial charge in [0.2, 0.25) is 0 Å². The van der Waals surface area contributed by atoms with Gasteiger partial charge in [-0.2, -0.15) is 0 Å². The van der Waals surface area contributed by atoms with Crippen LogP contribution in [0.4, 0.5) is 0 Å². The van der Waals surface area contributed by atoms with Crippen LogP contribution in [0.3, 0.4) is 0 Å². The minimum absolute atomic E-state index is 0.797. The molecule has 0 amide bonds. The number of nitrogens with zero attached hydrogens (tertiary/aromatic N) is 1. The van der Waals surface area contributed by atoms with Crippen molar-refractivity contribution >= 4 is 0 Å². The highest BCUT2D eigenvalue weighted by Crippen LogP contribution is 2.19. The Morgan fingerprint density at radius 3 is 2.90 bits per heavy atom. The van der Waals surface area contributed by atoms with Gasteiger partial charge >= 0.3 is 0 Å². The van der Waals surface area contributed by atoms with Crippen LogP contribution in [-0.4, -0.2) is 18.5 Å². The molecule has 10 heavy (non-hydrogen) atoms. The molecule has 1 heteroatoms. The molecule has 0 bridgehead atoms. The molecule has 0 spiro atoms. The van der Waals surface area contributed by atoms with Crippen molar-refractivity contribution in [1.29, 1.82) is 0 Å². The number of hydrogen-bond donors (Lipinski definition) is 0. The van der Waals surface area contributed by atoms with Crippen molar-refractivity contribution in [2.24, 2.45) is 5.92 Å². The maximum absolute atomic E-state index is 2.39. The van der Waals surface area contributed by atoms with E-state index in [4.69, 9.17) is 0 Å². The molecule has 1 aliphatic heterocycles. The zero-order chi connectivity index (χ0) is 7.56. The van der Waals surface area contributed by atoms with E-state index < -0.39 is 0 Å². The summed E-state index contributed by atoms with van der Waals surface area (Å²) in [5.74, 6) is 0.797. The SMILES string of the molecule is CCC1=CC(C)CCN1C. The van der Waals surface area contributed by atoms with Crippen LogP contribution < -0.4 is 0 Å². The van der Waals surface area contributed by atoms with Crippen LogP contribution >= 0.6 is 0 Å². The smallest absolute Gasteiger partial charge is 0.0177 e. The second kappa shape index (κ2) is 3.09. The van der Waals surface area contributed by atoms with Gasteiger partial charge < -0.3 is 4.90 Å². The second-order valence-corrected chi connectivity index (χ2v) is 3.20. The molecule has 1 atom stereocenters. The molecule has 0 aromatic rings. The standard InChI is InChI=1S/C9H17N/c1-4-9-7-8(2)5-6-10(9)3/h7-8H,4-6H2,1-3H3. The molecule has 0 aromatic heterocycles. The lowest BCUT2D eigenvalue weighted by Crippen LogP contribution is -2.24. The van der Waals surface area contributed by atoms with Crippen LogP contribution in [0.2, 0.25) is 0 Å². The van der Waals surface area contributed by atoms with Gasteiger partial charge in [-0.3, -0.25) is 0 Å². The van der Waals surface area contributed by atoms with Gasteiger partial charge in [-0.15, -0.1) is 0 Å². The first kappa shape index (κ1) is 7.64. The molecule has 0 aromatic carbocycles. The van der Waals surface area contributed by atoms with Crippen molar-refractivity contribution < 1.29 is 0 Å². The van der Waals surface area contributed by atoms with E-state index in [0.717, 1.165) is 5.92 Å². The first-order valence-electron chi connectivity index (χ1n) is 4.16. The van der Waals surface area contributed by atoms with E-state index in [0.29, 0.717) is 0 Å². The molecular formula is C9H17N. The summed E-state index contributed by atoms with van der Waals surface area (Å²) in [5, 5.41) is 0. The lowest BCUT2D eigenvalue weighted by molar-refractivity contribution is 0.345. The summed E-state index contributed by atoms with van der Waals surface area (Å²) in [5.41, 5.74) is 1.51. The quantitative estimate of drug-likeness (QED) is 0.538. The fourth-order valence-electron chi connectivity index (χ4n) is 1.47. The summed E-state index contributed by atoms with van der Waals surface area (Å²) >= 11 is 0. The topological polar surface area (TPSA) is 3.24 Å². The normalized spacial score (nSPS) is 26.5. The highest BCUT2D eigenvalue weighted by atomic mass is 15.1. The third kappa shape index (κ3) is 1.53. The first-order chi connectivity index (χ1) is 4.74. The number of rotatable bonds is 1. The monoisotopic (exact) mass is 139 g/mol. The number of allylic oxidation sites excluding steroid dienone is 2. The van der Waals surface area contributed by atoms with E-state index in [2.05, 4.69) is 31.9 Å². The van der Waals surface area contributed by atoms with Gasteiger partial charge in [0.1, 0.15) is 0 Å². The lowest BCUT2D eigenvalue weighted by atomic mass is 10.0. The maximum Gasteiger partial charge on any atom is 0.0177 e. The van der Waals surface area contributed by atoms with Crippen molar-refractivity contribution in [2.45, 2.75) is 26.7 Å². The molecule has 0 N–H and O–H groups in total. The minimum atomic E-state index is 0.797. The molecule has 0 saturated carbocycles. The Bertz CT molecular complexity index is 138. The summed E-state index contributed by atoms with van der Waals surface area (Å²) in [7, 11) is 2.18. The Labute approximate surface area is 63.7 Å². The van der Waals surface area contributed by atoms with Crippen LogP contribution in [0, 0.1) is 5.92 Å². The summed E-state index contributed by atoms with van der Waals surface area (Å²) in [6, 6.07) is 0. The fraction of sp³-hybridized carbons (Fsp3) is 0.778. The largest absolute Gasteiger partial charge is 0.378 e. The van der Waals surface area contributed by atoms with Crippen molar-refractivity contribution in [2.75, 3.05) is 13.6 Å². The summed E-state index contributed by atoms with van der Waals surface area (Å²) in [6.07, 6.45) is 4.89. The molecule has 0 saturated heterocycles. The number of hydrogen-bond acceptors (Lipinski definition) is 1. The van der Waals surface area contributed by atoms with Gasteiger partial charge in [-0.25, -0.2) is 0 Å². The van der Waals surface area contributed by atoms with Crippen LogP contribution in [0.1, 0.15) is 26.7 Å². The van der Waals surface area contributed by atoms with E-state index in [1.807, 2.05) is 0 Å². The average molecular weight is 139 g/mol. The van der Waals surface area contributed by atoms with Crippen LogP contribution in [-0.2, 0) is 0 Å². The molecule has 0 fully saturated rings. The zero-order valence-electron chi connectivity index (χ0n) is 7.22. The summed E-state index contributed by atoms with van der Waals surface area (Å²) < 4.78 is 0. The van der Waals surface area contributed by atoms with Gasteiger partial charge in [0.05, 0.1) is 0 Å². The van der Waals surface area contributed by atoms with E-state index in [1.165, 1.54) is 25.1 Å².